The molecule has 1 heterocycles. The third kappa shape index (κ3) is 5.53. The number of hydrogen-bond donors (Lipinski definition) is 1. The van der Waals surface area contributed by atoms with E-state index in [4.69, 9.17) is 4.74 Å². The summed E-state index contributed by atoms with van der Waals surface area (Å²) in [5.41, 5.74) is 2.28. The second kappa shape index (κ2) is 8.68. The van der Waals surface area contributed by atoms with E-state index in [1.165, 1.54) is 10.6 Å². The van der Waals surface area contributed by atoms with E-state index < -0.39 is 10.0 Å². The summed E-state index contributed by atoms with van der Waals surface area (Å²) in [6, 6.07) is 15.0. The summed E-state index contributed by atoms with van der Waals surface area (Å²) in [5.74, 6) is 0.700. The van der Waals surface area contributed by atoms with Gasteiger partial charge in [-0.25, -0.2) is 8.42 Å². The van der Waals surface area contributed by atoms with Gasteiger partial charge in [-0.05, 0) is 45.4 Å². The molecule has 3 rings (SSSR count). The van der Waals surface area contributed by atoms with Crippen LogP contribution < -0.4 is 14.4 Å². The number of nitrogens with zero attached hydrogens (tertiary/aromatic N) is 1. The number of anilines is 1. The smallest absolute Gasteiger partial charge is 0.232 e. The van der Waals surface area contributed by atoms with Crippen molar-refractivity contribution in [2.24, 2.45) is 0 Å². The molecule has 7 heteroatoms. The van der Waals surface area contributed by atoms with Gasteiger partial charge in [-0.3, -0.25) is 9.10 Å². The van der Waals surface area contributed by atoms with Crippen molar-refractivity contribution in [3.8, 4) is 5.75 Å². The number of carbonyl (C=O) groups is 1. The Bertz CT molecular complexity index is 1000. The highest BCUT2D eigenvalue weighted by Gasteiger charge is 2.34. The predicted molar refractivity (Wildman–Crippen MR) is 119 cm³/mol. The minimum absolute atomic E-state index is 0.0927. The van der Waals surface area contributed by atoms with Crippen LogP contribution in [0.5, 0.6) is 5.75 Å². The molecule has 6 nitrogen and oxygen atoms in total. The zero-order valence-electron chi connectivity index (χ0n) is 18.0. The Morgan fingerprint density at radius 2 is 1.83 bits per heavy atom. The van der Waals surface area contributed by atoms with Crippen LogP contribution in [0.1, 0.15) is 50.3 Å². The first kappa shape index (κ1) is 22.2. The van der Waals surface area contributed by atoms with Crippen molar-refractivity contribution >= 4 is 21.6 Å². The van der Waals surface area contributed by atoms with E-state index in [1.807, 2.05) is 57.2 Å². The first-order valence-electron chi connectivity index (χ1n) is 10.2. The van der Waals surface area contributed by atoms with Crippen molar-refractivity contribution in [2.45, 2.75) is 51.7 Å². The summed E-state index contributed by atoms with van der Waals surface area (Å²) in [5, 5.41) is 3.10. The van der Waals surface area contributed by atoms with Gasteiger partial charge in [0, 0.05) is 24.9 Å². The van der Waals surface area contributed by atoms with Crippen LogP contribution in [-0.4, -0.2) is 32.7 Å². The largest absolute Gasteiger partial charge is 0.487 e. The normalized spacial score (nSPS) is 17.5. The molecule has 0 aromatic heterocycles. The second-order valence-corrected chi connectivity index (χ2v) is 10.4. The maximum absolute atomic E-state index is 12.6. The Hall–Kier alpha value is -2.54. The van der Waals surface area contributed by atoms with Gasteiger partial charge in [0.2, 0.25) is 15.9 Å². The molecule has 162 valence electrons. The fraction of sp³-hybridized carbons (Fsp3) is 0.435. The molecule has 0 bridgehead atoms. The topological polar surface area (TPSA) is 75.7 Å². The van der Waals surface area contributed by atoms with E-state index in [1.54, 1.807) is 12.1 Å². The Morgan fingerprint density at radius 1 is 1.17 bits per heavy atom. The van der Waals surface area contributed by atoms with E-state index >= 15 is 0 Å². The zero-order valence-corrected chi connectivity index (χ0v) is 18.8. The Labute approximate surface area is 179 Å². The number of carbonyl (C=O) groups excluding carboxylic acids is 1. The molecule has 0 aliphatic carbocycles. The summed E-state index contributed by atoms with van der Waals surface area (Å²) in [7, 11) is -3.43. The third-order valence-electron chi connectivity index (χ3n) is 5.20. The van der Waals surface area contributed by atoms with Crippen LogP contribution in [0.25, 0.3) is 0 Å². The first-order valence-corrected chi connectivity index (χ1v) is 12.0. The van der Waals surface area contributed by atoms with Gasteiger partial charge in [0.1, 0.15) is 11.4 Å². The molecule has 1 aliphatic heterocycles. The first-order chi connectivity index (χ1) is 14.0. The molecule has 0 saturated carbocycles. The lowest BCUT2D eigenvalue weighted by Crippen LogP contribution is -2.41. The molecule has 0 radical (unpaired) electrons. The number of aryl methyl sites for hydroxylation is 1. The van der Waals surface area contributed by atoms with Crippen LogP contribution in [0.2, 0.25) is 0 Å². The average molecular weight is 431 g/mol. The molecule has 1 N–H and O–H groups in total. The van der Waals surface area contributed by atoms with Gasteiger partial charge in [0.15, 0.2) is 0 Å². The van der Waals surface area contributed by atoms with E-state index in [0.29, 0.717) is 18.5 Å². The van der Waals surface area contributed by atoms with Crippen molar-refractivity contribution < 1.29 is 17.9 Å². The highest BCUT2D eigenvalue weighted by molar-refractivity contribution is 7.92. The van der Waals surface area contributed by atoms with Crippen LogP contribution in [0.3, 0.4) is 0 Å². The summed E-state index contributed by atoms with van der Waals surface area (Å²) >= 11 is 0. The molecule has 0 spiro atoms. The van der Waals surface area contributed by atoms with Gasteiger partial charge in [-0.1, -0.05) is 35.9 Å². The zero-order chi connectivity index (χ0) is 21.9. The van der Waals surface area contributed by atoms with Gasteiger partial charge >= 0.3 is 0 Å². The summed E-state index contributed by atoms with van der Waals surface area (Å²) in [6.45, 7) is 6.22. The van der Waals surface area contributed by atoms with Crippen molar-refractivity contribution in [2.75, 3.05) is 17.1 Å². The summed E-state index contributed by atoms with van der Waals surface area (Å²) in [6.07, 6.45) is 2.54. The van der Waals surface area contributed by atoms with Crippen LogP contribution in [0.15, 0.2) is 48.5 Å². The summed E-state index contributed by atoms with van der Waals surface area (Å²) in [4.78, 5) is 12.6. The van der Waals surface area contributed by atoms with Crippen molar-refractivity contribution in [3.05, 3.63) is 59.7 Å². The molecular weight excluding hydrogens is 400 g/mol. The third-order valence-corrected chi connectivity index (χ3v) is 6.39. The number of para-hydroxylation sites is 1. The molecule has 2 aromatic carbocycles. The van der Waals surface area contributed by atoms with Crippen molar-refractivity contribution in [3.63, 3.8) is 0 Å². The van der Waals surface area contributed by atoms with Crippen LogP contribution in [-0.2, 0) is 14.8 Å². The molecular formula is C23H30N2O4S. The monoisotopic (exact) mass is 430 g/mol. The lowest BCUT2D eigenvalue weighted by molar-refractivity contribution is -0.122. The molecule has 1 aliphatic rings. The number of sulfonamides is 1. The lowest BCUT2D eigenvalue weighted by atomic mass is 9.89. The minimum atomic E-state index is -3.43. The van der Waals surface area contributed by atoms with Gasteiger partial charge < -0.3 is 10.1 Å². The average Bonchev–Trinajstić information content (AvgIpc) is 2.64. The molecule has 1 amide bonds. The van der Waals surface area contributed by atoms with E-state index in [2.05, 4.69) is 5.32 Å². The molecule has 0 fully saturated rings. The molecule has 0 unspecified atom stereocenters. The summed E-state index contributed by atoms with van der Waals surface area (Å²) < 4.78 is 31.8. The highest BCUT2D eigenvalue weighted by Crippen LogP contribution is 2.39. The van der Waals surface area contributed by atoms with Crippen LogP contribution in [0.4, 0.5) is 5.69 Å². The number of amides is 1. The number of ether oxygens (including phenoxy) is 1. The fourth-order valence-corrected chi connectivity index (χ4v) is 4.74. The molecule has 2 aromatic rings. The van der Waals surface area contributed by atoms with Gasteiger partial charge in [0.05, 0.1) is 18.0 Å². The Morgan fingerprint density at radius 3 is 2.50 bits per heavy atom. The predicted octanol–water partition coefficient (Wildman–Crippen LogP) is 3.96. The second-order valence-electron chi connectivity index (χ2n) is 8.50. The van der Waals surface area contributed by atoms with E-state index in [-0.39, 0.29) is 30.5 Å². The minimum Gasteiger partial charge on any atom is -0.487 e. The Kier molecular flexibility index (Phi) is 6.41. The van der Waals surface area contributed by atoms with Crippen molar-refractivity contribution in [1.29, 1.82) is 0 Å². The van der Waals surface area contributed by atoms with Crippen molar-refractivity contribution in [1.82, 2.24) is 5.32 Å². The standard InChI is InChI=1S/C23H30N2O4S/c1-17-11-13-18(14-12-17)25(30(4,27)28)15-7-10-22(26)24-20-16-23(2,3)29-21-9-6-5-8-19(20)21/h5-6,8-9,11-14,20H,7,10,15-16H2,1-4H3,(H,24,26)/t20-/m0/s1. The SMILES string of the molecule is Cc1ccc(N(CCCC(=O)N[C@H]2CC(C)(C)Oc3ccccc32)S(C)(=O)=O)cc1. The highest BCUT2D eigenvalue weighted by atomic mass is 32.2. The van der Waals surface area contributed by atoms with Crippen LogP contribution in [0, 0.1) is 6.92 Å². The maximum Gasteiger partial charge on any atom is 0.232 e. The lowest BCUT2D eigenvalue weighted by Gasteiger charge is -2.37. The number of hydrogen-bond acceptors (Lipinski definition) is 4. The Balaban J connectivity index is 1.62. The molecule has 30 heavy (non-hydrogen) atoms. The van der Waals surface area contributed by atoms with Gasteiger partial charge in [0.25, 0.3) is 0 Å². The van der Waals surface area contributed by atoms with Gasteiger partial charge in [-0.15, -0.1) is 0 Å². The van der Waals surface area contributed by atoms with E-state index in [0.717, 1.165) is 16.9 Å². The maximum atomic E-state index is 12.6. The number of rotatable bonds is 7. The molecule has 0 saturated heterocycles. The number of fused-ring (bicyclic) bond motifs is 1. The fourth-order valence-electron chi connectivity index (χ4n) is 3.78. The van der Waals surface area contributed by atoms with Crippen LogP contribution >= 0.6 is 0 Å². The quantitative estimate of drug-likeness (QED) is 0.721. The van der Waals surface area contributed by atoms with Gasteiger partial charge in [-0.2, -0.15) is 0 Å². The molecule has 1 atom stereocenters. The van der Waals surface area contributed by atoms with E-state index in [9.17, 15) is 13.2 Å². The number of nitrogens with one attached hydrogen (secondary N) is 1. The number of benzene rings is 2.